The normalized spacial score (nSPS) is 15.8. The van der Waals surface area contributed by atoms with Crippen LogP contribution in [0.5, 0.6) is 17.2 Å². The quantitative estimate of drug-likeness (QED) is 0.140. The van der Waals surface area contributed by atoms with E-state index in [0.717, 1.165) is 5.56 Å². The highest BCUT2D eigenvalue weighted by Gasteiger charge is 2.44. The maximum absolute atomic E-state index is 13.8. The van der Waals surface area contributed by atoms with Gasteiger partial charge in [-0.3, -0.25) is 4.79 Å². The lowest BCUT2D eigenvalue weighted by Gasteiger charge is -2.24. The van der Waals surface area contributed by atoms with Crippen LogP contribution in [-0.2, 0) is 22.5 Å². The number of hydrogen-bond acceptors (Lipinski definition) is 8. The van der Waals surface area contributed by atoms with Gasteiger partial charge in [0.2, 0.25) is 5.90 Å². The molecule has 0 unspecified atom stereocenters. The van der Waals surface area contributed by atoms with Gasteiger partial charge in [-0.25, -0.2) is 4.99 Å². The number of hydrogen-bond donors (Lipinski definition) is 2. The number of nitrogens with zero attached hydrogens (tertiary/aromatic N) is 4. The molecule has 11 nitrogen and oxygen atoms in total. The van der Waals surface area contributed by atoms with E-state index in [1.807, 2.05) is 12.1 Å². The monoisotopic (exact) mass is 545 g/mol. The van der Waals surface area contributed by atoms with Gasteiger partial charge in [0, 0.05) is 42.2 Å². The van der Waals surface area contributed by atoms with Crippen molar-refractivity contribution in [2.45, 2.75) is 24.9 Å². The average molecular weight is 546 g/mol. The van der Waals surface area contributed by atoms with E-state index in [0.29, 0.717) is 53.0 Å². The van der Waals surface area contributed by atoms with Gasteiger partial charge in [-0.2, -0.15) is 0 Å². The number of amides is 1. The lowest BCUT2D eigenvalue weighted by atomic mass is 9.90. The van der Waals surface area contributed by atoms with E-state index in [1.165, 1.54) is 0 Å². The van der Waals surface area contributed by atoms with Crippen LogP contribution < -0.4 is 19.5 Å². The third-order valence-electron chi connectivity index (χ3n) is 6.39. The summed E-state index contributed by atoms with van der Waals surface area (Å²) in [7, 11) is 3.11. The highest BCUT2D eigenvalue weighted by Crippen LogP contribution is 2.32. The molecule has 1 atom stereocenters. The summed E-state index contributed by atoms with van der Waals surface area (Å²) in [6.07, 6.45) is 0.696. The van der Waals surface area contributed by atoms with E-state index in [4.69, 9.17) is 34.6 Å². The van der Waals surface area contributed by atoms with Crippen molar-refractivity contribution >= 4 is 17.5 Å². The molecule has 0 aromatic heterocycles. The molecular weight excluding hydrogens is 514 g/mol. The van der Waals surface area contributed by atoms with E-state index in [2.05, 4.69) is 15.3 Å². The Morgan fingerprint density at radius 1 is 1.12 bits per heavy atom. The number of aliphatic imine (C=N–C) groups is 1. The summed E-state index contributed by atoms with van der Waals surface area (Å²) in [6, 6.07) is 19.7. The first kappa shape index (κ1) is 28.3. The summed E-state index contributed by atoms with van der Waals surface area (Å²) in [6.45, 7) is 0.687. The Morgan fingerprint density at radius 2 is 1.90 bits per heavy atom. The van der Waals surface area contributed by atoms with Gasteiger partial charge in [0.15, 0.2) is 17.0 Å². The highest BCUT2D eigenvalue weighted by atomic mass is 16.5. The lowest BCUT2D eigenvalue weighted by molar-refractivity contribution is -0.126. The predicted molar refractivity (Wildman–Crippen MR) is 149 cm³/mol. The standard InChI is InChI=1S/C29H31N5O6/c1-37-25-13-8-20(16-26(25)38-2)18-31-28(36)29(17-22-6-3-4-7-24(22)33-34-30)19-40-27(32-29)21-9-11-23(12-10-21)39-15-5-14-35/h3-4,6-13,16,35H,5,14-15,17-19H2,1-2H3,(H,31,36)/t29-/m1/s1. The van der Waals surface area contributed by atoms with Crippen molar-refractivity contribution in [2.24, 2.45) is 10.1 Å². The van der Waals surface area contributed by atoms with Crippen molar-refractivity contribution in [1.29, 1.82) is 0 Å². The van der Waals surface area contributed by atoms with Crippen LogP contribution in [0, 0.1) is 0 Å². The van der Waals surface area contributed by atoms with Crippen molar-refractivity contribution in [3.05, 3.63) is 93.9 Å². The van der Waals surface area contributed by atoms with E-state index in [9.17, 15) is 4.79 Å². The second-order valence-corrected chi connectivity index (χ2v) is 9.05. The SMILES string of the molecule is COc1ccc(CNC(=O)[C@@]2(Cc3ccccc3N=[N+]=[N-])COC(c3ccc(OCCCO)cc3)=N2)cc1OC. The molecule has 208 valence electrons. The molecule has 1 heterocycles. The first-order valence-electron chi connectivity index (χ1n) is 12.7. The third kappa shape index (κ3) is 6.63. The molecule has 0 saturated heterocycles. The maximum atomic E-state index is 13.8. The van der Waals surface area contributed by atoms with Gasteiger partial charge < -0.3 is 29.4 Å². The van der Waals surface area contributed by atoms with Gasteiger partial charge in [0.05, 0.1) is 20.8 Å². The Labute approximate surface area is 232 Å². The molecule has 11 heteroatoms. The first-order chi connectivity index (χ1) is 19.5. The van der Waals surface area contributed by atoms with Crippen LogP contribution in [-0.4, -0.2) is 56.5 Å². The largest absolute Gasteiger partial charge is 0.494 e. The summed E-state index contributed by atoms with van der Waals surface area (Å²) < 4.78 is 22.3. The minimum Gasteiger partial charge on any atom is -0.494 e. The van der Waals surface area contributed by atoms with Crippen molar-refractivity contribution in [2.75, 3.05) is 34.0 Å². The summed E-state index contributed by atoms with van der Waals surface area (Å²) in [5, 5.41) is 15.7. The number of benzene rings is 3. The molecule has 0 bridgehead atoms. The number of aliphatic hydroxyl groups excluding tert-OH is 1. The average Bonchev–Trinajstić information content (AvgIpc) is 3.42. The van der Waals surface area contributed by atoms with Crippen LogP contribution in [0.2, 0.25) is 0 Å². The summed E-state index contributed by atoms with van der Waals surface area (Å²) >= 11 is 0. The van der Waals surface area contributed by atoms with Gasteiger partial charge in [-0.15, -0.1) is 0 Å². The molecule has 0 saturated carbocycles. The number of methoxy groups -OCH3 is 2. The molecule has 0 radical (unpaired) electrons. The number of nitrogens with one attached hydrogen (secondary N) is 1. The Balaban J connectivity index is 1.61. The zero-order valence-corrected chi connectivity index (χ0v) is 22.4. The van der Waals surface area contributed by atoms with Crippen LogP contribution in [0.4, 0.5) is 5.69 Å². The Hall–Kier alpha value is -4.73. The molecule has 1 aliphatic rings. The van der Waals surface area contributed by atoms with Crippen LogP contribution in [0.15, 0.2) is 76.8 Å². The molecule has 40 heavy (non-hydrogen) atoms. The molecule has 2 N–H and O–H groups in total. The Bertz CT molecular complexity index is 1400. The molecule has 3 aromatic rings. The van der Waals surface area contributed by atoms with E-state index < -0.39 is 5.54 Å². The number of carbonyl (C=O) groups is 1. The smallest absolute Gasteiger partial charge is 0.252 e. The molecule has 0 fully saturated rings. The number of rotatable bonds is 13. The fourth-order valence-electron chi connectivity index (χ4n) is 4.29. The van der Waals surface area contributed by atoms with Crippen LogP contribution >= 0.6 is 0 Å². The van der Waals surface area contributed by atoms with Gasteiger partial charge in [0.1, 0.15) is 12.4 Å². The lowest BCUT2D eigenvalue weighted by Crippen LogP contribution is -2.48. The van der Waals surface area contributed by atoms with Gasteiger partial charge in [-0.1, -0.05) is 35.4 Å². The Kier molecular flexibility index (Phi) is 9.45. The second-order valence-electron chi connectivity index (χ2n) is 9.05. The molecule has 1 aliphatic heterocycles. The minimum absolute atomic E-state index is 0.000542. The van der Waals surface area contributed by atoms with Crippen molar-refractivity contribution in [3.8, 4) is 17.2 Å². The summed E-state index contributed by atoms with van der Waals surface area (Å²) in [5.74, 6) is 1.78. The van der Waals surface area contributed by atoms with Crippen molar-refractivity contribution in [3.63, 3.8) is 0 Å². The fourth-order valence-corrected chi connectivity index (χ4v) is 4.29. The van der Waals surface area contributed by atoms with Gasteiger partial charge >= 0.3 is 0 Å². The van der Waals surface area contributed by atoms with E-state index in [-0.39, 0.29) is 32.1 Å². The fraction of sp³-hybridized carbons (Fsp3) is 0.310. The molecular formula is C29H31N5O6. The topological polar surface area (TPSA) is 147 Å². The summed E-state index contributed by atoms with van der Waals surface area (Å²) in [5.41, 5.74) is 10.3. The number of carbonyl (C=O) groups excluding carboxylic acids is 1. The molecule has 3 aromatic carbocycles. The molecule has 1 amide bonds. The van der Waals surface area contributed by atoms with Crippen LogP contribution in [0.25, 0.3) is 10.4 Å². The van der Waals surface area contributed by atoms with Gasteiger partial charge in [0.25, 0.3) is 5.91 Å². The summed E-state index contributed by atoms with van der Waals surface area (Å²) in [4.78, 5) is 21.5. The zero-order chi connectivity index (χ0) is 28.4. The van der Waals surface area contributed by atoms with E-state index >= 15 is 0 Å². The first-order valence-corrected chi connectivity index (χ1v) is 12.7. The van der Waals surface area contributed by atoms with Crippen molar-refractivity contribution < 1.29 is 28.8 Å². The second kappa shape index (κ2) is 13.4. The zero-order valence-electron chi connectivity index (χ0n) is 22.4. The third-order valence-corrected chi connectivity index (χ3v) is 6.39. The number of azide groups is 1. The number of ether oxygens (including phenoxy) is 4. The Morgan fingerprint density at radius 3 is 2.62 bits per heavy atom. The van der Waals surface area contributed by atoms with Crippen LogP contribution in [0.3, 0.4) is 0 Å². The number of aliphatic hydroxyl groups is 1. The van der Waals surface area contributed by atoms with Crippen molar-refractivity contribution in [1.82, 2.24) is 5.32 Å². The van der Waals surface area contributed by atoms with Crippen LogP contribution in [0.1, 0.15) is 23.1 Å². The molecule has 0 spiro atoms. The predicted octanol–water partition coefficient (Wildman–Crippen LogP) is 4.48. The van der Waals surface area contributed by atoms with Gasteiger partial charge in [-0.05, 0) is 53.1 Å². The van der Waals surface area contributed by atoms with E-state index in [1.54, 1.807) is 68.8 Å². The maximum Gasteiger partial charge on any atom is 0.252 e. The molecule has 4 rings (SSSR count). The molecule has 0 aliphatic carbocycles. The highest BCUT2D eigenvalue weighted by molar-refractivity contribution is 6.00. The minimum atomic E-state index is -1.30.